The highest BCUT2D eigenvalue weighted by Crippen LogP contribution is 2.56. The molecule has 2 aliphatic carbocycles. The van der Waals surface area contributed by atoms with Gasteiger partial charge in [0, 0.05) is 5.92 Å². The summed E-state index contributed by atoms with van der Waals surface area (Å²) in [6.45, 7) is 8.34. The average Bonchev–Trinajstić information content (AvgIpc) is 2.59. The van der Waals surface area contributed by atoms with Crippen molar-refractivity contribution in [2.45, 2.75) is 51.6 Å². The minimum absolute atomic E-state index is 0.0184. The highest BCUT2D eigenvalue weighted by atomic mass is 16.6. The summed E-state index contributed by atoms with van der Waals surface area (Å²) in [4.78, 5) is 12.1. The number of carbonyl (C=O) groups excluding carboxylic acids is 1. The molecule has 0 N–H and O–H groups in total. The van der Waals surface area contributed by atoms with Crippen molar-refractivity contribution in [2.24, 2.45) is 11.8 Å². The molecule has 1 heterocycles. The van der Waals surface area contributed by atoms with Gasteiger partial charge in [-0.15, -0.1) is 0 Å². The first-order valence-electron chi connectivity index (χ1n) is 6.63. The third kappa shape index (κ3) is 1.30. The molecule has 0 aromatic carbocycles. The maximum Gasteiger partial charge on any atom is 0.310 e. The lowest BCUT2D eigenvalue weighted by Crippen LogP contribution is -2.43. The van der Waals surface area contributed by atoms with Gasteiger partial charge in [-0.2, -0.15) is 0 Å². The van der Waals surface area contributed by atoms with E-state index in [1.165, 1.54) is 11.1 Å². The van der Waals surface area contributed by atoms with Crippen molar-refractivity contribution >= 4 is 5.97 Å². The molecule has 0 radical (unpaired) electrons. The first-order chi connectivity index (χ1) is 8.06. The molecule has 2 fully saturated rings. The molecule has 17 heavy (non-hydrogen) atoms. The van der Waals surface area contributed by atoms with Gasteiger partial charge in [-0.3, -0.25) is 4.79 Å². The van der Waals surface area contributed by atoms with Crippen LogP contribution in [-0.4, -0.2) is 11.6 Å². The minimum atomic E-state index is -0.364. The Morgan fingerprint density at radius 2 is 2.24 bits per heavy atom. The number of rotatable bonds is 1. The summed E-state index contributed by atoms with van der Waals surface area (Å²) in [6.07, 6.45) is 5.27. The molecule has 2 heteroatoms. The Hall–Kier alpha value is -1.05. The van der Waals surface area contributed by atoms with Gasteiger partial charge in [0.1, 0.15) is 5.60 Å². The molecule has 3 aliphatic rings. The van der Waals surface area contributed by atoms with Gasteiger partial charge in [0.15, 0.2) is 0 Å². The quantitative estimate of drug-likeness (QED) is 0.511. The SMILES string of the molecule is C=C(C)[C@@]12CCCC3=C(C)CC[C@@H](C(=O)O1)[C@H]32. The van der Waals surface area contributed by atoms with Gasteiger partial charge in [-0.1, -0.05) is 17.7 Å². The van der Waals surface area contributed by atoms with Crippen molar-refractivity contribution in [2.75, 3.05) is 0 Å². The van der Waals surface area contributed by atoms with E-state index in [4.69, 9.17) is 4.74 Å². The Bertz CT molecular complexity index is 432. The van der Waals surface area contributed by atoms with Crippen LogP contribution in [0.25, 0.3) is 0 Å². The second-order valence-corrected chi connectivity index (χ2v) is 5.87. The van der Waals surface area contributed by atoms with Crippen LogP contribution in [0.4, 0.5) is 0 Å². The first-order valence-corrected chi connectivity index (χ1v) is 6.63. The smallest absolute Gasteiger partial charge is 0.310 e. The lowest BCUT2D eigenvalue weighted by atomic mass is 9.61. The zero-order valence-corrected chi connectivity index (χ0v) is 10.7. The molecule has 3 rings (SSSR count). The maximum atomic E-state index is 12.1. The standard InChI is InChI=1S/C15H20O2/c1-9(2)15-8-4-5-11-10(3)6-7-12(13(11)15)14(16)17-15/h12-13H,1,4-8H2,2-3H3/t12-,13+,15-/m1/s1. The van der Waals surface area contributed by atoms with Crippen molar-refractivity contribution in [3.63, 3.8) is 0 Å². The van der Waals surface area contributed by atoms with Gasteiger partial charge in [0.05, 0.1) is 5.92 Å². The summed E-state index contributed by atoms with van der Waals surface area (Å²) < 4.78 is 5.80. The van der Waals surface area contributed by atoms with E-state index in [1.54, 1.807) is 0 Å². The highest BCUT2D eigenvalue weighted by molar-refractivity contribution is 5.78. The minimum Gasteiger partial charge on any atom is -0.454 e. The second-order valence-electron chi connectivity index (χ2n) is 5.87. The van der Waals surface area contributed by atoms with E-state index in [0.29, 0.717) is 5.92 Å². The summed E-state index contributed by atoms with van der Waals surface area (Å²) in [5.74, 6) is 0.422. The molecule has 0 bridgehead atoms. The van der Waals surface area contributed by atoms with Crippen molar-refractivity contribution < 1.29 is 9.53 Å². The largest absolute Gasteiger partial charge is 0.454 e. The van der Waals surface area contributed by atoms with E-state index in [9.17, 15) is 4.79 Å². The third-order valence-electron chi connectivity index (χ3n) is 4.96. The average molecular weight is 232 g/mol. The number of ether oxygens (including phenoxy) is 1. The Morgan fingerprint density at radius 3 is 2.94 bits per heavy atom. The fourth-order valence-electron chi connectivity index (χ4n) is 4.07. The molecule has 0 unspecified atom stereocenters. The molecule has 0 spiro atoms. The van der Waals surface area contributed by atoms with Gasteiger partial charge in [-0.25, -0.2) is 0 Å². The van der Waals surface area contributed by atoms with Gasteiger partial charge in [0.2, 0.25) is 0 Å². The van der Waals surface area contributed by atoms with Crippen LogP contribution in [0.1, 0.15) is 46.0 Å². The van der Waals surface area contributed by atoms with Gasteiger partial charge in [0.25, 0.3) is 0 Å². The topological polar surface area (TPSA) is 26.3 Å². The first kappa shape index (κ1) is 11.1. The van der Waals surface area contributed by atoms with Crippen LogP contribution in [0, 0.1) is 11.8 Å². The number of esters is 1. The molecule has 0 aromatic heterocycles. The molecule has 0 aromatic rings. The molecule has 92 valence electrons. The van der Waals surface area contributed by atoms with Crippen molar-refractivity contribution in [1.82, 2.24) is 0 Å². The Balaban J connectivity index is 2.15. The van der Waals surface area contributed by atoms with Crippen molar-refractivity contribution in [3.8, 4) is 0 Å². The summed E-state index contributed by atoms with van der Waals surface area (Å²) >= 11 is 0. The zero-order chi connectivity index (χ0) is 12.2. The van der Waals surface area contributed by atoms with Gasteiger partial charge in [-0.05, 0) is 51.5 Å². The number of hydrogen-bond acceptors (Lipinski definition) is 2. The molecule has 3 atom stereocenters. The Kier molecular flexibility index (Phi) is 2.26. The van der Waals surface area contributed by atoms with Gasteiger partial charge >= 0.3 is 5.97 Å². The second kappa shape index (κ2) is 3.47. The highest BCUT2D eigenvalue weighted by Gasteiger charge is 2.59. The molecule has 1 saturated carbocycles. The lowest BCUT2D eigenvalue weighted by molar-refractivity contribution is -0.149. The van der Waals surface area contributed by atoms with E-state index in [1.807, 2.05) is 6.92 Å². The van der Waals surface area contributed by atoms with Crippen LogP contribution in [0.2, 0.25) is 0 Å². The fraction of sp³-hybridized carbons (Fsp3) is 0.667. The number of carbonyl (C=O) groups is 1. The summed E-state index contributed by atoms with van der Waals surface area (Å²) in [5.41, 5.74) is 3.67. The molecule has 0 amide bonds. The lowest BCUT2D eigenvalue weighted by Gasteiger charge is -2.43. The number of hydrogen-bond donors (Lipinski definition) is 0. The van der Waals surface area contributed by atoms with E-state index in [0.717, 1.165) is 37.7 Å². The molecule has 2 nitrogen and oxygen atoms in total. The van der Waals surface area contributed by atoms with E-state index < -0.39 is 0 Å². The van der Waals surface area contributed by atoms with Crippen LogP contribution in [0.15, 0.2) is 23.3 Å². The van der Waals surface area contributed by atoms with Crippen LogP contribution in [0.3, 0.4) is 0 Å². The van der Waals surface area contributed by atoms with Crippen LogP contribution in [-0.2, 0) is 9.53 Å². The fourth-order valence-corrected chi connectivity index (χ4v) is 4.07. The Labute approximate surface area is 103 Å². The monoisotopic (exact) mass is 232 g/mol. The van der Waals surface area contributed by atoms with Crippen LogP contribution >= 0.6 is 0 Å². The predicted octanol–water partition coefficient (Wildman–Crippen LogP) is 3.38. The normalized spacial score (nSPS) is 40.0. The van der Waals surface area contributed by atoms with E-state index in [-0.39, 0.29) is 17.5 Å². The van der Waals surface area contributed by atoms with Crippen LogP contribution < -0.4 is 0 Å². The van der Waals surface area contributed by atoms with Crippen LogP contribution in [0.5, 0.6) is 0 Å². The summed E-state index contributed by atoms with van der Waals surface area (Å²) in [6, 6.07) is 0. The number of allylic oxidation sites excluding steroid dienone is 1. The van der Waals surface area contributed by atoms with E-state index in [2.05, 4.69) is 13.5 Å². The van der Waals surface area contributed by atoms with Gasteiger partial charge < -0.3 is 4.74 Å². The molecular weight excluding hydrogens is 212 g/mol. The predicted molar refractivity (Wildman–Crippen MR) is 66.4 cm³/mol. The Morgan fingerprint density at radius 1 is 1.47 bits per heavy atom. The summed E-state index contributed by atoms with van der Waals surface area (Å²) in [5, 5.41) is 0. The van der Waals surface area contributed by atoms with Crippen molar-refractivity contribution in [1.29, 1.82) is 0 Å². The van der Waals surface area contributed by atoms with E-state index >= 15 is 0 Å². The molecular formula is C15H20O2. The summed E-state index contributed by atoms with van der Waals surface area (Å²) in [7, 11) is 0. The maximum absolute atomic E-state index is 12.1. The third-order valence-corrected chi connectivity index (χ3v) is 4.96. The van der Waals surface area contributed by atoms with Crippen molar-refractivity contribution in [3.05, 3.63) is 23.3 Å². The molecule has 1 saturated heterocycles. The zero-order valence-electron chi connectivity index (χ0n) is 10.7. The molecule has 1 aliphatic heterocycles.